The molecule has 29 heavy (non-hydrogen) atoms. The lowest BCUT2D eigenvalue weighted by atomic mass is 10.1. The molecule has 1 aliphatic heterocycles. The Morgan fingerprint density at radius 2 is 1.97 bits per heavy atom. The SMILES string of the molecule is C/C(N)=C/C=C(\N)c1ccn(-c2ccc3c4c(n(C)c3n2)CCNCC4)c(=O)c1. The summed E-state index contributed by atoms with van der Waals surface area (Å²) in [4.78, 5) is 17.5. The van der Waals surface area contributed by atoms with Crippen LogP contribution in [0.2, 0.25) is 0 Å². The van der Waals surface area contributed by atoms with Gasteiger partial charge in [-0.05, 0) is 55.8 Å². The first-order valence-corrected chi connectivity index (χ1v) is 9.76. The molecule has 0 atom stereocenters. The van der Waals surface area contributed by atoms with E-state index in [1.807, 2.05) is 19.2 Å². The van der Waals surface area contributed by atoms with Gasteiger partial charge in [-0.1, -0.05) is 0 Å². The highest BCUT2D eigenvalue weighted by Crippen LogP contribution is 2.27. The van der Waals surface area contributed by atoms with Gasteiger partial charge in [0.25, 0.3) is 5.56 Å². The van der Waals surface area contributed by atoms with Gasteiger partial charge in [-0.25, -0.2) is 4.98 Å². The summed E-state index contributed by atoms with van der Waals surface area (Å²) in [5.74, 6) is 0.600. The van der Waals surface area contributed by atoms with Crippen LogP contribution in [-0.2, 0) is 19.9 Å². The largest absolute Gasteiger partial charge is 0.402 e. The van der Waals surface area contributed by atoms with Crippen molar-refractivity contribution in [3.8, 4) is 5.82 Å². The highest BCUT2D eigenvalue weighted by Gasteiger charge is 2.18. The number of aryl methyl sites for hydroxylation is 1. The van der Waals surface area contributed by atoms with Gasteiger partial charge >= 0.3 is 0 Å². The van der Waals surface area contributed by atoms with Crippen molar-refractivity contribution in [2.24, 2.45) is 18.5 Å². The third kappa shape index (κ3) is 3.56. The van der Waals surface area contributed by atoms with E-state index >= 15 is 0 Å². The topological polar surface area (TPSA) is 104 Å². The van der Waals surface area contributed by atoms with E-state index in [1.165, 1.54) is 17.3 Å². The van der Waals surface area contributed by atoms with Crippen molar-refractivity contribution < 1.29 is 0 Å². The first kappa shape index (κ1) is 19.0. The van der Waals surface area contributed by atoms with Crippen LogP contribution in [0.4, 0.5) is 0 Å². The van der Waals surface area contributed by atoms with Crippen LogP contribution in [0.1, 0.15) is 23.7 Å². The van der Waals surface area contributed by atoms with Gasteiger partial charge in [-0.15, -0.1) is 0 Å². The number of pyridine rings is 2. The number of fused-ring (bicyclic) bond motifs is 3. The highest BCUT2D eigenvalue weighted by atomic mass is 16.1. The second-order valence-corrected chi connectivity index (χ2v) is 7.43. The van der Waals surface area contributed by atoms with Gasteiger partial charge < -0.3 is 21.4 Å². The first-order valence-electron chi connectivity index (χ1n) is 9.76. The van der Waals surface area contributed by atoms with E-state index in [0.717, 1.165) is 37.0 Å². The van der Waals surface area contributed by atoms with Gasteiger partial charge in [0.1, 0.15) is 11.5 Å². The molecule has 3 aromatic rings. The number of hydrogen-bond donors (Lipinski definition) is 3. The average molecular weight is 390 g/mol. The lowest BCUT2D eigenvalue weighted by Gasteiger charge is -2.08. The van der Waals surface area contributed by atoms with E-state index < -0.39 is 0 Å². The summed E-state index contributed by atoms with van der Waals surface area (Å²) in [6.07, 6.45) is 7.10. The zero-order chi connectivity index (χ0) is 20.5. The molecule has 0 aromatic carbocycles. The average Bonchev–Trinajstić information content (AvgIpc) is 2.87. The van der Waals surface area contributed by atoms with Crippen LogP contribution in [-0.4, -0.2) is 27.2 Å². The molecule has 0 saturated carbocycles. The molecule has 7 nitrogen and oxygen atoms in total. The summed E-state index contributed by atoms with van der Waals surface area (Å²) in [5.41, 5.74) is 16.9. The van der Waals surface area contributed by atoms with E-state index in [-0.39, 0.29) is 5.56 Å². The summed E-state index contributed by atoms with van der Waals surface area (Å²) < 4.78 is 3.70. The van der Waals surface area contributed by atoms with Gasteiger partial charge in [0, 0.05) is 60.3 Å². The Morgan fingerprint density at radius 3 is 2.72 bits per heavy atom. The van der Waals surface area contributed by atoms with E-state index in [2.05, 4.69) is 16.0 Å². The quantitative estimate of drug-likeness (QED) is 0.589. The number of nitrogens with zero attached hydrogens (tertiary/aromatic N) is 3. The van der Waals surface area contributed by atoms with Crippen LogP contribution < -0.4 is 22.3 Å². The Balaban J connectivity index is 1.75. The maximum Gasteiger partial charge on any atom is 0.256 e. The molecular weight excluding hydrogens is 364 g/mol. The van der Waals surface area contributed by atoms with E-state index in [4.69, 9.17) is 16.5 Å². The van der Waals surface area contributed by atoms with Crippen molar-refractivity contribution in [1.82, 2.24) is 19.4 Å². The summed E-state index contributed by atoms with van der Waals surface area (Å²) >= 11 is 0. The lowest BCUT2D eigenvalue weighted by Crippen LogP contribution is -2.19. The molecule has 0 saturated heterocycles. The van der Waals surface area contributed by atoms with Crippen LogP contribution in [0, 0.1) is 0 Å². The second kappa shape index (κ2) is 7.60. The molecule has 0 fully saturated rings. The number of nitrogens with one attached hydrogen (secondary N) is 1. The minimum Gasteiger partial charge on any atom is -0.402 e. The zero-order valence-electron chi connectivity index (χ0n) is 16.8. The van der Waals surface area contributed by atoms with E-state index in [1.54, 1.807) is 29.8 Å². The van der Waals surface area contributed by atoms with Crippen molar-refractivity contribution in [3.63, 3.8) is 0 Å². The molecule has 5 N–H and O–H groups in total. The fourth-order valence-electron chi connectivity index (χ4n) is 3.86. The van der Waals surface area contributed by atoms with Gasteiger partial charge in [-0.2, -0.15) is 0 Å². The van der Waals surface area contributed by atoms with Crippen LogP contribution in [0.5, 0.6) is 0 Å². The summed E-state index contributed by atoms with van der Waals surface area (Å²) in [5, 5.41) is 4.60. The summed E-state index contributed by atoms with van der Waals surface area (Å²) in [6, 6.07) is 7.31. The highest BCUT2D eigenvalue weighted by molar-refractivity contribution is 5.83. The lowest BCUT2D eigenvalue weighted by molar-refractivity contribution is 0.698. The monoisotopic (exact) mass is 390 g/mol. The summed E-state index contributed by atoms with van der Waals surface area (Å²) in [7, 11) is 2.05. The fraction of sp³-hybridized carbons (Fsp3) is 0.273. The molecule has 0 unspecified atom stereocenters. The third-order valence-corrected chi connectivity index (χ3v) is 5.37. The zero-order valence-corrected chi connectivity index (χ0v) is 16.8. The van der Waals surface area contributed by atoms with Gasteiger partial charge in [0.15, 0.2) is 0 Å². The fourth-order valence-corrected chi connectivity index (χ4v) is 3.86. The molecule has 0 aliphatic carbocycles. The predicted molar refractivity (Wildman–Crippen MR) is 117 cm³/mol. The van der Waals surface area contributed by atoms with Crippen LogP contribution >= 0.6 is 0 Å². The van der Waals surface area contributed by atoms with Crippen molar-refractivity contribution in [2.75, 3.05) is 13.1 Å². The number of allylic oxidation sites excluding steroid dienone is 3. The number of hydrogen-bond acceptors (Lipinski definition) is 5. The molecule has 7 heteroatoms. The smallest absolute Gasteiger partial charge is 0.256 e. The Hall–Kier alpha value is -3.32. The molecule has 150 valence electrons. The molecule has 0 bridgehead atoms. The number of rotatable bonds is 3. The minimum absolute atomic E-state index is 0.181. The molecule has 0 spiro atoms. The predicted octanol–water partition coefficient (Wildman–Crippen LogP) is 1.57. The third-order valence-electron chi connectivity index (χ3n) is 5.37. The molecule has 0 radical (unpaired) electrons. The van der Waals surface area contributed by atoms with Crippen LogP contribution in [0.3, 0.4) is 0 Å². The van der Waals surface area contributed by atoms with Crippen molar-refractivity contribution in [1.29, 1.82) is 0 Å². The van der Waals surface area contributed by atoms with Gasteiger partial charge in [-0.3, -0.25) is 9.36 Å². The van der Waals surface area contributed by atoms with Gasteiger partial charge in [0.05, 0.1) is 0 Å². The molecular formula is C22H26N6O. The maximum absolute atomic E-state index is 12.7. The van der Waals surface area contributed by atoms with Crippen molar-refractivity contribution in [3.05, 3.63) is 75.5 Å². The standard InChI is InChI=1S/C22H26N6O/c1-14(23)3-5-18(24)15-9-12-28(21(29)13-15)20-6-4-17-16-7-10-25-11-8-19(16)27(2)22(17)26-20/h3-6,9,12-13,25H,7-8,10-11,23-24H2,1-2H3/b14-3-,18-5-. The van der Waals surface area contributed by atoms with E-state index in [0.29, 0.717) is 22.8 Å². The first-order chi connectivity index (χ1) is 14.0. The minimum atomic E-state index is -0.181. The summed E-state index contributed by atoms with van der Waals surface area (Å²) in [6.45, 7) is 3.73. The molecule has 1 aliphatic rings. The number of nitrogens with two attached hydrogens (primary N) is 2. The van der Waals surface area contributed by atoms with E-state index in [9.17, 15) is 4.79 Å². The van der Waals surface area contributed by atoms with Crippen molar-refractivity contribution >= 4 is 16.7 Å². The molecule has 4 rings (SSSR count). The second-order valence-electron chi connectivity index (χ2n) is 7.43. The van der Waals surface area contributed by atoms with Gasteiger partial charge in [0.2, 0.25) is 0 Å². The molecule has 4 heterocycles. The number of aromatic nitrogens is 3. The molecule has 3 aromatic heterocycles. The Kier molecular flexibility index (Phi) is 4.98. The normalized spacial score (nSPS) is 15.4. The Labute approximate surface area is 169 Å². The van der Waals surface area contributed by atoms with Crippen LogP contribution in [0.15, 0.2) is 53.1 Å². The maximum atomic E-state index is 12.7. The Morgan fingerprint density at radius 1 is 1.17 bits per heavy atom. The Bertz CT molecular complexity index is 1190. The van der Waals surface area contributed by atoms with Crippen molar-refractivity contribution in [2.45, 2.75) is 19.8 Å². The van der Waals surface area contributed by atoms with Crippen LogP contribution in [0.25, 0.3) is 22.5 Å². The molecule has 0 amide bonds.